The van der Waals surface area contributed by atoms with Gasteiger partial charge in [-0.2, -0.15) is 0 Å². The first kappa shape index (κ1) is 16.0. The number of benzene rings is 1. The second-order valence-electron chi connectivity index (χ2n) is 6.54. The number of likely N-dealkylation sites (N-methyl/N-ethyl adjacent to an activating group) is 1. The molecule has 2 heterocycles. The summed E-state index contributed by atoms with van der Waals surface area (Å²) in [6.45, 7) is 2.19. The SMILES string of the molecule is CN(C)C1(CNC(=O)Cc2c[nH]c3ccccc23)CCOCC1. The maximum atomic E-state index is 12.4. The van der Waals surface area contributed by atoms with Crippen molar-refractivity contribution in [1.82, 2.24) is 15.2 Å². The number of H-pyrrole nitrogens is 1. The van der Waals surface area contributed by atoms with Gasteiger partial charge in [0.1, 0.15) is 0 Å². The van der Waals surface area contributed by atoms with E-state index in [9.17, 15) is 4.79 Å². The van der Waals surface area contributed by atoms with Crippen LogP contribution in [0.15, 0.2) is 30.5 Å². The average molecular weight is 315 g/mol. The zero-order valence-electron chi connectivity index (χ0n) is 13.9. The van der Waals surface area contributed by atoms with Crippen molar-refractivity contribution in [3.63, 3.8) is 0 Å². The van der Waals surface area contributed by atoms with Gasteiger partial charge in [0, 0.05) is 42.4 Å². The molecule has 23 heavy (non-hydrogen) atoms. The fourth-order valence-electron chi connectivity index (χ4n) is 3.31. The van der Waals surface area contributed by atoms with Crippen LogP contribution in [0.25, 0.3) is 10.9 Å². The number of para-hydroxylation sites is 1. The number of fused-ring (bicyclic) bond motifs is 1. The molecule has 5 nitrogen and oxygen atoms in total. The molecule has 1 aromatic heterocycles. The molecule has 5 heteroatoms. The van der Waals surface area contributed by atoms with Gasteiger partial charge >= 0.3 is 0 Å². The van der Waals surface area contributed by atoms with Crippen molar-refractivity contribution in [2.75, 3.05) is 33.9 Å². The second kappa shape index (κ2) is 6.72. The van der Waals surface area contributed by atoms with Crippen molar-refractivity contribution in [2.24, 2.45) is 0 Å². The van der Waals surface area contributed by atoms with E-state index in [1.165, 1.54) is 0 Å². The summed E-state index contributed by atoms with van der Waals surface area (Å²) in [6, 6.07) is 8.07. The minimum Gasteiger partial charge on any atom is -0.381 e. The Morgan fingerprint density at radius 1 is 1.30 bits per heavy atom. The Kier molecular flexibility index (Phi) is 4.68. The first-order chi connectivity index (χ1) is 11.1. The summed E-state index contributed by atoms with van der Waals surface area (Å²) in [4.78, 5) is 17.8. The number of ether oxygens (including phenoxy) is 1. The van der Waals surface area contributed by atoms with Crippen LogP contribution in [0.2, 0.25) is 0 Å². The highest BCUT2D eigenvalue weighted by atomic mass is 16.5. The third kappa shape index (κ3) is 3.41. The molecule has 0 radical (unpaired) electrons. The maximum absolute atomic E-state index is 12.4. The topological polar surface area (TPSA) is 57.4 Å². The van der Waals surface area contributed by atoms with Crippen LogP contribution >= 0.6 is 0 Å². The molecule has 1 aliphatic rings. The molecule has 2 N–H and O–H groups in total. The Hall–Kier alpha value is -1.85. The average Bonchev–Trinajstić information content (AvgIpc) is 2.97. The highest BCUT2D eigenvalue weighted by Gasteiger charge is 2.35. The number of nitrogens with one attached hydrogen (secondary N) is 2. The zero-order valence-corrected chi connectivity index (χ0v) is 13.9. The minimum absolute atomic E-state index is 0.00806. The highest BCUT2D eigenvalue weighted by molar-refractivity contribution is 5.88. The number of hydrogen-bond donors (Lipinski definition) is 2. The molecule has 0 saturated carbocycles. The van der Waals surface area contributed by atoms with Gasteiger partial charge in [-0.1, -0.05) is 18.2 Å². The molecule has 0 spiro atoms. The molecular weight excluding hydrogens is 290 g/mol. The first-order valence-electron chi connectivity index (χ1n) is 8.18. The van der Waals surface area contributed by atoms with Crippen molar-refractivity contribution in [3.8, 4) is 0 Å². The predicted molar refractivity (Wildman–Crippen MR) is 91.5 cm³/mol. The van der Waals surface area contributed by atoms with Crippen molar-refractivity contribution in [2.45, 2.75) is 24.8 Å². The van der Waals surface area contributed by atoms with E-state index in [2.05, 4.69) is 29.3 Å². The molecule has 0 atom stereocenters. The van der Waals surface area contributed by atoms with Crippen LogP contribution in [0.4, 0.5) is 0 Å². The van der Waals surface area contributed by atoms with E-state index in [1.807, 2.05) is 30.5 Å². The summed E-state index contributed by atoms with van der Waals surface area (Å²) < 4.78 is 5.47. The van der Waals surface area contributed by atoms with E-state index in [1.54, 1.807) is 0 Å². The highest BCUT2D eigenvalue weighted by Crippen LogP contribution is 2.25. The number of amides is 1. The lowest BCUT2D eigenvalue weighted by Gasteiger charge is -2.42. The van der Waals surface area contributed by atoms with Crippen LogP contribution in [0, 0.1) is 0 Å². The van der Waals surface area contributed by atoms with Crippen LogP contribution < -0.4 is 5.32 Å². The molecule has 3 rings (SSSR count). The van der Waals surface area contributed by atoms with Crippen molar-refractivity contribution >= 4 is 16.8 Å². The van der Waals surface area contributed by atoms with Crippen LogP contribution in [-0.2, 0) is 16.0 Å². The van der Waals surface area contributed by atoms with Crippen LogP contribution in [0.3, 0.4) is 0 Å². The van der Waals surface area contributed by atoms with Crippen LogP contribution in [0.5, 0.6) is 0 Å². The molecule has 1 saturated heterocycles. The fraction of sp³-hybridized carbons (Fsp3) is 0.500. The van der Waals surface area contributed by atoms with Gasteiger partial charge in [-0.05, 0) is 38.6 Å². The number of aromatic amines is 1. The summed E-state index contributed by atoms with van der Waals surface area (Å²) in [6.07, 6.45) is 4.24. The van der Waals surface area contributed by atoms with Gasteiger partial charge in [0.25, 0.3) is 0 Å². The van der Waals surface area contributed by atoms with Gasteiger partial charge < -0.3 is 19.9 Å². The molecule has 2 aromatic rings. The Bertz CT molecular complexity index is 672. The summed E-state index contributed by atoms with van der Waals surface area (Å²) in [5.41, 5.74) is 2.13. The third-order valence-electron chi connectivity index (χ3n) is 5.01. The van der Waals surface area contributed by atoms with Gasteiger partial charge in [0.15, 0.2) is 0 Å². The molecular formula is C18H25N3O2. The summed E-state index contributed by atoms with van der Waals surface area (Å²) in [5, 5.41) is 4.25. The van der Waals surface area contributed by atoms with E-state index in [0.29, 0.717) is 13.0 Å². The Morgan fingerprint density at radius 2 is 2.04 bits per heavy atom. The lowest BCUT2D eigenvalue weighted by Crippen LogP contribution is -2.55. The number of aromatic nitrogens is 1. The van der Waals surface area contributed by atoms with Crippen molar-refractivity contribution in [3.05, 3.63) is 36.0 Å². The zero-order chi connectivity index (χ0) is 16.3. The summed E-state index contributed by atoms with van der Waals surface area (Å²) >= 11 is 0. The Labute approximate surface area is 137 Å². The first-order valence-corrected chi connectivity index (χ1v) is 8.18. The lowest BCUT2D eigenvalue weighted by atomic mass is 9.88. The molecule has 0 aliphatic carbocycles. The maximum Gasteiger partial charge on any atom is 0.224 e. The van der Waals surface area contributed by atoms with Gasteiger partial charge in [0.05, 0.1) is 6.42 Å². The molecule has 1 aromatic carbocycles. The van der Waals surface area contributed by atoms with E-state index in [-0.39, 0.29) is 11.4 Å². The van der Waals surface area contributed by atoms with Gasteiger partial charge in [-0.15, -0.1) is 0 Å². The van der Waals surface area contributed by atoms with Gasteiger partial charge in [0.2, 0.25) is 5.91 Å². The largest absolute Gasteiger partial charge is 0.381 e. The molecule has 1 fully saturated rings. The number of carbonyl (C=O) groups excluding carboxylic acids is 1. The Morgan fingerprint density at radius 3 is 2.78 bits per heavy atom. The van der Waals surface area contributed by atoms with Gasteiger partial charge in [-0.3, -0.25) is 4.79 Å². The molecule has 0 unspecified atom stereocenters. The fourth-order valence-corrected chi connectivity index (χ4v) is 3.31. The number of hydrogen-bond acceptors (Lipinski definition) is 3. The van der Waals surface area contributed by atoms with Gasteiger partial charge in [-0.25, -0.2) is 0 Å². The van der Waals surface area contributed by atoms with Crippen molar-refractivity contribution in [1.29, 1.82) is 0 Å². The summed E-state index contributed by atoms with van der Waals surface area (Å²) in [7, 11) is 4.16. The molecule has 1 amide bonds. The standard InChI is InChI=1S/C18H25N3O2/c1-21(2)18(7-9-23-10-8-18)13-20-17(22)11-14-12-19-16-6-4-3-5-15(14)16/h3-6,12,19H,7-11,13H2,1-2H3,(H,20,22). The molecule has 1 aliphatic heterocycles. The van der Waals surface area contributed by atoms with Crippen LogP contribution in [-0.4, -0.2) is 55.2 Å². The minimum atomic E-state index is 0.00806. The van der Waals surface area contributed by atoms with E-state index < -0.39 is 0 Å². The lowest BCUT2D eigenvalue weighted by molar-refractivity contribution is -0.121. The second-order valence-corrected chi connectivity index (χ2v) is 6.54. The normalized spacial score (nSPS) is 17.5. The number of nitrogens with zero attached hydrogens (tertiary/aromatic N) is 1. The number of carbonyl (C=O) groups is 1. The predicted octanol–water partition coefficient (Wildman–Crippen LogP) is 1.94. The monoisotopic (exact) mass is 315 g/mol. The van der Waals surface area contributed by atoms with E-state index >= 15 is 0 Å². The van der Waals surface area contributed by atoms with Crippen molar-refractivity contribution < 1.29 is 9.53 Å². The molecule has 124 valence electrons. The number of rotatable bonds is 5. The van der Waals surface area contributed by atoms with Crippen LogP contribution in [0.1, 0.15) is 18.4 Å². The van der Waals surface area contributed by atoms with E-state index in [4.69, 9.17) is 4.74 Å². The third-order valence-corrected chi connectivity index (χ3v) is 5.01. The molecule has 0 bridgehead atoms. The quantitative estimate of drug-likeness (QED) is 0.886. The van der Waals surface area contributed by atoms with E-state index in [0.717, 1.165) is 42.5 Å². The Balaban J connectivity index is 1.63. The smallest absolute Gasteiger partial charge is 0.224 e. The summed E-state index contributed by atoms with van der Waals surface area (Å²) in [5.74, 6) is 0.0717.